The van der Waals surface area contributed by atoms with Gasteiger partial charge in [0.1, 0.15) is 5.75 Å². The smallest absolute Gasteiger partial charge is 0.129 e. The Bertz CT molecular complexity index is 462. The van der Waals surface area contributed by atoms with E-state index in [4.69, 9.17) is 16.3 Å². The van der Waals surface area contributed by atoms with Crippen molar-refractivity contribution in [2.24, 2.45) is 0 Å². The molecule has 0 spiro atoms. The second-order valence-electron chi connectivity index (χ2n) is 3.06. The molecule has 0 saturated carbocycles. The summed E-state index contributed by atoms with van der Waals surface area (Å²) >= 11 is 7.89. The third kappa shape index (κ3) is 1.39. The van der Waals surface area contributed by atoms with Crippen LogP contribution in [0.25, 0.3) is 10.1 Å². The molecule has 0 atom stereocenters. The van der Waals surface area contributed by atoms with E-state index in [1.54, 1.807) is 18.4 Å². The second kappa shape index (κ2) is 3.79. The first kappa shape index (κ1) is 9.81. The molecule has 0 aliphatic rings. The highest BCUT2D eigenvalue weighted by atomic mass is 35.5. The molecule has 0 unspecified atom stereocenters. The van der Waals surface area contributed by atoms with E-state index in [-0.39, 0.29) is 0 Å². The fourth-order valence-electron chi connectivity index (χ4n) is 1.62. The summed E-state index contributed by atoms with van der Waals surface area (Å²) in [4.78, 5) is 0. The number of ether oxygens (including phenoxy) is 1. The molecule has 2 rings (SSSR count). The molecule has 0 bridgehead atoms. The SMILES string of the molecule is CCc1c(Cl)cc(OC)c2ccsc12. The molecule has 1 aromatic heterocycles. The van der Waals surface area contributed by atoms with Gasteiger partial charge in [0.25, 0.3) is 0 Å². The van der Waals surface area contributed by atoms with E-state index >= 15 is 0 Å². The standard InChI is InChI=1S/C11H11ClOS/c1-3-7-9(12)6-10(13-2)8-4-5-14-11(7)8/h4-6H,3H2,1-2H3. The molecule has 2 aromatic rings. The van der Waals surface area contributed by atoms with E-state index in [1.165, 1.54) is 15.6 Å². The summed E-state index contributed by atoms with van der Waals surface area (Å²) in [7, 11) is 1.67. The zero-order valence-corrected chi connectivity index (χ0v) is 9.71. The van der Waals surface area contributed by atoms with Crippen LogP contribution < -0.4 is 4.74 Å². The monoisotopic (exact) mass is 226 g/mol. The molecular formula is C11H11ClOS. The van der Waals surface area contributed by atoms with E-state index in [0.29, 0.717) is 0 Å². The summed E-state index contributed by atoms with van der Waals surface area (Å²) in [5, 5.41) is 4.04. The highest BCUT2D eigenvalue weighted by Gasteiger charge is 2.10. The van der Waals surface area contributed by atoms with Gasteiger partial charge in [-0.2, -0.15) is 0 Å². The minimum Gasteiger partial charge on any atom is -0.496 e. The van der Waals surface area contributed by atoms with Gasteiger partial charge in [0.05, 0.1) is 7.11 Å². The molecule has 0 aliphatic carbocycles. The van der Waals surface area contributed by atoms with Gasteiger partial charge in [0.15, 0.2) is 0 Å². The normalized spacial score (nSPS) is 10.8. The van der Waals surface area contributed by atoms with Gasteiger partial charge < -0.3 is 4.74 Å². The lowest BCUT2D eigenvalue weighted by molar-refractivity contribution is 0.420. The van der Waals surface area contributed by atoms with Gasteiger partial charge in [-0.3, -0.25) is 0 Å². The Morgan fingerprint density at radius 2 is 2.29 bits per heavy atom. The highest BCUT2D eigenvalue weighted by molar-refractivity contribution is 7.17. The Morgan fingerprint density at radius 3 is 2.93 bits per heavy atom. The largest absolute Gasteiger partial charge is 0.496 e. The molecule has 0 N–H and O–H groups in total. The van der Waals surface area contributed by atoms with E-state index in [0.717, 1.165) is 17.2 Å². The summed E-state index contributed by atoms with van der Waals surface area (Å²) in [5.41, 5.74) is 1.22. The lowest BCUT2D eigenvalue weighted by Crippen LogP contribution is -1.88. The Labute approximate surface area is 92.3 Å². The van der Waals surface area contributed by atoms with Crippen LogP contribution in [0, 0.1) is 0 Å². The van der Waals surface area contributed by atoms with Crippen molar-refractivity contribution in [1.82, 2.24) is 0 Å². The Hall–Kier alpha value is -0.730. The van der Waals surface area contributed by atoms with Crippen LogP contribution in [0.1, 0.15) is 12.5 Å². The average molecular weight is 227 g/mol. The number of hydrogen-bond acceptors (Lipinski definition) is 2. The first-order valence-corrected chi connectivity index (χ1v) is 5.76. The van der Waals surface area contributed by atoms with Gasteiger partial charge in [-0.05, 0) is 29.5 Å². The molecule has 1 nitrogen and oxygen atoms in total. The molecule has 3 heteroatoms. The average Bonchev–Trinajstić information content (AvgIpc) is 2.65. The Balaban J connectivity index is 2.81. The zero-order valence-electron chi connectivity index (χ0n) is 8.13. The fraction of sp³-hybridized carbons (Fsp3) is 0.273. The van der Waals surface area contributed by atoms with Crippen LogP contribution in [0.15, 0.2) is 17.5 Å². The third-order valence-corrected chi connectivity index (χ3v) is 3.64. The minimum absolute atomic E-state index is 0.805. The van der Waals surface area contributed by atoms with Crippen LogP contribution in [-0.2, 0) is 6.42 Å². The summed E-state index contributed by atoms with van der Waals surface area (Å²) in [6, 6.07) is 3.98. The molecule has 0 radical (unpaired) electrons. The van der Waals surface area contributed by atoms with E-state index < -0.39 is 0 Å². The third-order valence-electron chi connectivity index (χ3n) is 2.32. The molecule has 0 saturated heterocycles. The maximum absolute atomic E-state index is 6.17. The van der Waals surface area contributed by atoms with Crippen molar-refractivity contribution in [2.75, 3.05) is 7.11 Å². The van der Waals surface area contributed by atoms with Crippen molar-refractivity contribution >= 4 is 33.0 Å². The first-order valence-electron chi connectivity index (χ1n) is 4.50. The number of fused-ring (bicyclic) bond motifs is 1. The van der Waals surface area contributed by atoms with Crippen molar-refractivity contribution in [3.63, 3.8) is 0 Å². The summed E-state index contributed by atoms with van der Waals surface area (Å²) in [5.74, 6) is 0.864. The molecular weight excluding hydrogens is 216 g/mol. The van der Waals surface area contributed by atoms with Crippen LogP contribution in [0.5, 0.6) is 5.75 Å². The zero-order chi connectivity index (χ0) is 10.1. The Kier molecular flexibility index (Phi) is 2.66. The summed E-state index contributed by atoms with van der Waals surface area (Å²) in [6.07, 6.45) is 0.958. The van der Waals surface area contributed by atoms with Crippen LogP contribution in [0.4, 0.5) is 0 Å². The number of thiophene rings is 1. The lowest BCUT2D eigenvalue weighted by Gasteiger charge is -2.07. The van der Waals surface area contributed by atoms with E-state index in [2.05, 4.69) is 18.4 Å². The first-order chi connectivity index (χ1) is 6.77. The van der Waals surface area contributed by atoms with Gasteiger partial charge in [-0.15, -0.1) is 11.3 Å². The molecule has 0 amide bonds. The predicted octanol–water partition coefficient (Wildman–Crippen LogP) is 4.13. The number of aryl methyl sites for hydroxylation is 1. The Morgan fingerprint density at radius 1 is 1.50 bits per heavy atom. The van der Waals surface area contributed by atoms with Gasteiger partial charge in [0.2, 0.25) is 0 Å². The molecule has 0 aliphatic heterocycles. The minimum atomic E-state index is 0.805. The number of halogens is 1. The molecule has 14 heavy (non-hydrogen) atoms. The molecule has 1 heterocycles. The van der Waals surface area contributed by atoms with Crippen LogP contribution in [0.3, 0.4) is 0 Å². The predicted molar refractivity (Wildman–Crippen MR) is 62.8 cm³/mol. The highest BCUT2D eigenvalue weighted by Crippen LogP contribution is 2.37. The molecule has 0 fully saturated rings. The molecule has 1 aromatic carbocycles. The van der Waals surface area contributed by atoms with Crippen molar-refractivity contribution in [3.8, 4) is 5.75 Å². The van der Waals surface area contributed by atoms with E-state index in [1.807, 2.05) is 6.07 Å². The van der Waals surface area contributed by atoms with Crippen molar-refractivity contribution in [2.45, 2.75) is 13.3 Å². The van der Waals surface area contributed by atoms with Crippen LogP contribution in [-0.4, -0.2) is 7.11 Å². The number of benzene rings is 1. The van der Waals surface area contributed by atoms with E-state index in [9.17, 15) is 0 Å². The topological polar surface area (TPSA) is 9.23 Å². The van der Waals surface area contributed by atoms with Crippen LogP contribution in [0.2, 0.25) is 5.02 Å². The van der Waals surface area contributed by atoms with Gasteiger partial charge in [-0.25, -0.2) is 0 Å². The van der Waals surface area contributed by atoms with Gasteiger partial charge in [0, 0.05) is 15.1 Å². The summed E-state index contributed by atoms with van der Waals surface area (Å²) < 4.78 is 6.54. The van der Waals surface area contributed by atoms with Gasteiger partial charge >= 0.3 is 0 Å². The van der Waals surface area contributed by atoms with Crippen LogP contribution >= 0.6 is 22.9 Å². The van der Waals surface area contributed by atoms with Gasteiger partial charge in [-0.1, -0.05) is 18.5 Å². The quantitative estimate of drug-likeness (QED) is 0.749. The number of methoxy groups -OCH3 is 1. The van der Waals surface area contributed by atoms with Crippen molar-refractivity contribution < 1.29 is 4.74 Å². The van der Waals surface area contributed by atoms with Crippen molar-refractivity contribution in [3.05, 3.63) is 28.1 Å². The summed E-state index contributed by atoms with van der Waals surface area (Å²) in [6.45, 7) is 2.12. The maximum Gasteiger partial charge on any atom is 0.129 e. The maximum atomic E-state index is 6.17. The fourth-order valence-corrected chi connectivity index (χ4v) is 3.04. The number of hydrogen-bond donors (Lipinski definition) is 0. The van der Waals surface area contributed by atoms with Crippen molar-refractivity contribution in [1.29, 1.82) is 0 Å². The second-order valence-corrected chi connectivity index (χ2v) is 4.38. The number of rotatable bonds is 2. The lowest BCUT2D eigenvalue weighted by atomic mass is 10.1. The molecule has 74 valence electrons.